The van der Waals surface area contributed by atoms with Crippen LogP contribution in [0.1, 0.15) is 13.8 Å². The van der Waals surface area contributed by atoms with E-state index in [0.717, 1.165) is 9.26 Å². The second kappa shape index (κ2) is 5.38. The molecular weight excluding hydrogens is 317 g/mol. The number of hydrogen-bond acceptors (Lipinski definition) is 3. The van der Waals surface area contributed by atoms with E-state index in [9.17, 15) is 4.79 Å². The van der Waals surface area contributed by atoms with Crippen LogP contribution in [0.3, 0.4) is 0 Å². The molecule has 1 aromatic rings. The highest BCUT2D eigenvalue weighted by molar-refractivity contribution is 14.1. The van der Waals surface area contributed by atoms with Gasteiger partial charge in [0, 0.05) is 9.61 Å². The van der Waals surface area contributed by atoms with Gasteiger partial charge in [-0.25, -0.2) is 0 Å². The third-order valence-electron chi connectivity index (χ3n) is 2.25. The molecule has 4 N–H and O–H groups in total. The lowest BCUT2D eigenvalue weighted by molar-refractivity contribution is -0.116. The third kappa shape index (κ3) is 3.26. The molecule has 0 aliphatic rings. The van der Waals surface area contributed by atoms with Gasteiger partial charge >= 0.3 is 0 Å². The van der Waals surface area contributed by atoms with Crippen LogP contribution in [-0.2, 0) is 4.79 Å². The fourth-order valence-corrected chi connectivity index (χ4v) is 2.02. The number of nitrogen functional groups attached to an aromatic ring is 1. The van der Waals surface area contributed by atoms with Crippen molar-refractivity contribution in [2.75, 3.05) is 17.2 Å². The lowest BCUT2D eigenvalue weighted by Gasteiger charge is -2.28. The van der Waals surface area contributed by atoms with Gasteiger partial charge in [-0.05, 0) is 54.6 Å². The molecule has 0 fully saturated rings. The zero-order chi connectivity index (χ0) is 12.3. The van der Waals surface area contributed by atoms with Crippen LogP contribution in [-0.4, -0.2) is 18.5 Å². The Labute approximate surface area is 109 Å². The molecule has 1 aromatic carbocycles. The van der Waals surface area contributed by atoms with E-state index >= 15 is 0 Å². The second-order valence-electron chi connectivity index (χ2n) is 3.89. The second-order valence-corrected chi connectivity index (χ2v) is 5.14. The van der Waals surface area contributed by atoms with Crippen molar-refractivity contribution in [1.29, 1.82) is 0 Å². The Hall–Kier alpha value is -0.980. The Kier molecular flexibility index (Phi) is 4.40. The minimum Gasteiger partial charge on any atom is -0.397 e. The Morgan fingerprint density at radius 2 is 2.12 bits per heavy atom. The van der Waals surface area contributed by atoms with Crippen LogP contribution in [0.4, 0.5) is 11.4 Å². The molecule has 88 valence electrons. The number of anilines is 2. The van der Waals surface area contributed by atoms with Gasteiger partial charge in [-0.3, -0.25) is 4.79 Å². The number of hydrogen-bond donors (Lipinski definition) is 2. The Morgan fingerprint density at radius 1 is 1.50 bits per heavy atom. The fourth-order valence-electron chi connectivity index (χ4n) is 1.50. The predicted octanol–water partition coefficient (Wildman–Crippen LogP) is 1.57. The summed E-state index contributed by atoms with van der Waals surface area (Å²) >= 11 is 2.20. The first-order valence-corrected chi connectivity index (χ1v) is 6.09. The minimum absolute atomic E-state index is 0.176. The van der Waals surface area contributed by atoms with Gasteiger partial charge in [0.05, 0.1) is 17.9 Å². The molecule has 0 aromatic heterocycles. The lowest BCUT2D eigenvalue weighted by Crippen LogP contribution is -2.39. The first kappa shape index (κ1) is 13.1. The molecular formula is C11H16IN3O. The molecule has 0 bridgehead atoms. The lowest BCUT2D eigenvalue weighted by atomic mass is 10.2. The van der Waals surface area contributed by atoms with E-state index < -0.39 is 0 Å². The predicted molar refractivity (Wildman–Crippen MR) is 75.2 cm³/mol. The van der Waals surface area contributed by atoms with Crippen molar-refractivity contribution < 1.29 is 4.79 Å². The number of halogens is 1. The molecule has 0 saturated carbocycles. The molecule has 0 atom stereocenters. The van der Waals surface area contributed by atoms with Gasteiger partial charge in [-0.2, -0.15) is 0 Å². The van der Waals surface area contributed by atoms with Crippen LogP contribution >= 0.6 is 22.6 Å². The summed E-state index contributed by atoms with van der Waals surface area (Å²) < 4.78 is 1.07. The number of amides is 1. The van der Waals surface area contributed by atoms with Crippen molar-refractivity contribution in [3.63, 3.8) is 0 Å². The molecule has 16 heavy (non-hydrogen) atoms. The van der Waals surface area contributed by atoms with Crippen LogP contribution in [0.25, 0.3) is 0 Å². The molecule has 1 rings (SSSR count). The number of nitrogens with zero attached hydrogens (tertiary/aromatic N) is 1. The molecule has 0 heterocycles. The number of benzene rings is 1. The van der Waals surface area contributed by atoms with Gasteiger partial charge in [-0.15, -0.1) is 0 Å². The highest BCUT2D eigenvalue weighted by atomic mass is 127. The van der Waals surface area contributed by atoms with Gasteiger partial charge < -0.3 is 16.4 Å². The van der Waals surface area contributed by atoms with Gasteiger partial charge in [0.15, 0.2) is 0 Å². The van der Waals surface area contributed by atoms with Crippen LogP contribution in [0, 0.1) is 3.57 Å². The summed E-state index contributed by atoms with van der Waals surface area (Å²) in [6.07, 6.45) is 0. The fraction of sp³-hybridized carbons (Fsp3) is 0.364. The summed E-state index contributed by atoms with van der Waals surface area (Å²) in [4.78, 5) is 12.9. The van der Waals surface area contributed by atoms with Crippen molar-refractivity contribution in [1.82, 2.24) is 0 Å². The van der Waals surface area contributed by atoms with E-state index in [2.05, 4.69) is 22.6 Å². The van der Waals surface area contributed by atoms with Crippen LogP contribution < -0.4 is 16.4 Å². The molecule has 0 saturated heterocycles. The van der Waals surface area contributed by atoms with Crippen molar-refractivity contribution in [2.24, 2.45) is 5.73 Å². The normalized spacial score (nSPS) is 10.5. The maximum Gasteiger partial charge on any atom is 0.236 e. The zero-order valence-electron chi connectivity index (χ0n) is 9.40. The molecule has 0 aliphatic heterocycles. The number of carbonyl (C=O) groups excluding carboxylic acids is 1. The summed E-state index contributed by atoms with van der Waals surface area (Å²) in [5.74, 6) is -0.355. The first-order valence-electron chi connectivity index (χ1n) is 5.01. The van der Waals surface area contributed by atoms with E-state index in [1.54, 1.807) is 0 Å². The van der Waals surface area contributed by atoms with Crippen molar-refractivity contribution in [2.45, 2.75) is 19.9 Å². The molecule has 1 amide bonds. The summed E-state index contributed by atoms with van der Waals surface area (Å²) in [5.41, 5.74) is 12.7. The number of rotatable bonds is 4. The van der Waals surface area contributed by atoms with Crippen molar-refractivity contribution in [3.8, 4) is 0 Å². The molecule has 0 radical (unpaired) electrons. The molecule has 4 nitrogen and oxygen atoms in total. The van der Waals surface area contributed by atoms with Crippen LogP contribution in [0.5, 0.6) is 0 Å². The van der Waals surface area contributed by atoms with E-state index in [-0.39, 0.29) is 18.5 Å². The first-order chi connectivity index (χ1) is 7.41. The zero-order valence-corrected chi connectivity index (χ0v) is 11.6. The number of carbonyl (C=O) groups is 1. The van der Waals surface area contributed by atoms with Crippen molar-refractivity contribution >= 4 is 39.9 Å². The Morgan fingerprint density at radius 3 is 2.56 bits per heavy atom. The van der Waals surface area contributed by atoms with E-state index in [1.807, 2.05) is 36.9 Å². The minimum atomic E-state index is -0.355. The monoisotopic (exact) mass is 333 g/mol. The molecule has 0 aliphatic carbocycles. The molecule has 0 unspecified atom stereocenters. The summed E-state index contributed by atoms with van der Waals surface area (Å²) in [6.45, 7) is 4.18. The topological polar surface area (TPSA) is 72.3 Å². The Balaban J connectivity index is 3.05. The Bertz CT molecular complexity index is 393. The quantitative estimate of drug-likeness (QED) is 0.649. The van der Waals surface area contributed by atoms with E-state index in [4.69, 9.17) is 11.5 Å². The van der Waals surface area contributed by atoms with Crippen LogP contribution in [0.2, 0.25) is 0 Å². The molecule has 0 spiro atoms. The van der Waals surface area contributed by atoms with Gasteiger partial charge in [0.25, 0.3) is 0 Å². The largest absolute Gasteiger partial charge is 0.397 e. The summed E-state index contributed by atoms with van der Waals surface area (Å²) in [5, 5.41) is 0. The van der Waals surface area contributed by atoms with Gasteiger partial charge in [-0.1, -0.05) is 0 Å². The highest BCUT2D eigenvalue weighted by Gasteiger charge is 2.15. The maximum atomic E-state index is 11.0. The third-order valence-corrected chi connectivity index (χ3v) is 2.92. The maximum absolute atomic E-state index is 11.0. The van der Waals surface area contributed by atoms with Crippen LogP contribution in [0.15, 0.2) is 18.2 Å². The van der Waals surface area contributed by atoms with E-state index in [0.29, 0.717) is 5.69 Å². The number of primary amides is 1. The average Bonchev–Trinajstić information content (AvgIpc) is 2.14. The SMILES string of the molecule is CC(C)N(CC(N)=O)c1ccc(I)cc1N. The summed E-state index contributed by atoms with van der Waals surface area (Å²) in [7, 11) is 0. The summed E-state index contributed by atoms with van der Waals surface area (Å²) in [6, 6.07) is 5.93. The van der Waals surface area contributed by atoms with Gasteiger partial charge in [0.2, 0.25) is 5.91 Å². The van der Waals surface area contributed by atoms with Crippen molar-refractivity contribution in [3.05, 3.63) is 21.8 Å². The highest BCUT2D eigenvalue weighted by Crippen LogP contribution is 2.26. The van der Waals surface area contributed by atoms with Gasteiger partial charge in [0.1, 0.15) is 0 Å². The smallest absolute Gasteiger partial charge is 0.236 e. The molecule has 5 heteroatoms. The number of nitrogens with two attached hydrogens (primary N) is 2. The van der Waals surface area contributed by atoms with E-state index in [1.165, 1.54) is 0 Å². The standard InChI is InChI=1S/C11H16IN3O/c1-7(2)15(6-11(14)16)10-4-3-8(12)5-9(10)13/h3-5,7H,6,13H2,1-2H3,(H2,14,16). The average molecular weight is 333 g/mol.